The molecule has 34 heavy (non-hydrogen) atoms. The van der Waals surface area contributed by atoms with E-state index in [9.17, 15) is 9.59 Å². The van der Waals surface area contributed by atoms with Crippen LogP contribution in [-0.4, -0.2) is 65.5 Å². The number of pyridine rings is 1. The van der Waals surface area contributed by atoms with Crippen LogP contribution >= 0.6 is 23.1 Å². The molecule has 178 valence electrons. The number of morpholine rings is 1. The van der Waals surface area contributed by atoms with Crippen molar-refractivity contribution in [3.05, 3.63) is 46.7 Å². The monoisotopic (exact) mass is 499 g/mol. The highest BCUT2D eigenvalue weighted by Crippen LogP contribution is 2.37. The average Bonchev–Trinajstić information content (AvgIpc) is 3.26. The van der Waals surface area contributed by atoms with Gasteiger partial charge in [0.25, 0.3) is 5.91 Å². The molecule has 1 aromatic carbocycles. The maximum Gasteiger partial charge on any atom is 0.257 e. The number of ether oxygens (including phenoxy) is 1. The molecule has 0 atom stereocenters. The molecular formula is C24H26ClN5O3S. The van der Waals surface area contributed by atoms with Gasteiger partial charge in [0, 0.05) is 38.3 Å². The van der Waals surface area contributed by atoms with Crippen molar-refractivity contribution in [1.82, 2.24) is 14.3 Å². The molecule has 8 nitrogen and oxygen atoms in total. The number of fused-ring (bicyclic) bond motifs is 1. The summed E-state index contributed by atoms with van der Waals surface area (Å²) in [6, 6.07) is 7.25. The van der Waals surface area contributed by atoms with Crippen LogP contribution in [0.15, 0.2) is 30.5 Å². The lowest BCUT2D eigenvalue weighted by Gasteiger charge is -2.35. The molecule has 1 N–H and O–H groups in total. The maximum absolute atomic E-state index is 13.5. The lowest BCUT2D eigenvalue weighted by molar-refractivity contribution is -0.120. The van der Waals surface area contributed by atoms with Gasteiger partial charge in [-0.25, -0.2) is 4.98 Å². The Hall–Kier alpha value is -2.75. The summed E-state index contributed by atoms with van der Waals surface area (Å²) in [6.45, 7) is 5.51. The van der Waals surface area contributed by atoms with Crippen LogP contribution in [0.1, 0.15) is 28.9 Å². The van der Waals surface area contributed by atoms with E-state index in [-0.39, 0.29) is 17.7 Å². The smallest absolute Gasteiger partial charge is 0.257 e. The Bertz CT molecular complexity index is 1220. The Balaban J connectivity index is 1.38. The topological polar surface area (TPSA) is 87.7 Å². The summed E-state index contributed by atoms with van der Waals surface area (Å²) in [5, 5.41) is 4.42. The zero-order valence-corrected chi connectivity index (χ0v) is 20.5. The summed E-state index contributed by atoms with van der Waals surface area (Å²) < 4.78 is 9.91. The molecule has 2 aliphatic rings. The lowest BCUT2D eigenvalue weighted by Crippen LogP contribution is -2.42. The van der Waals surface area contributed by atoms with Crippen LogP contribution in [0.5, 0.6) is 0 Å². The van der Waals surface area contributed by atoms with Gasteiger partial charge in [0.15, 0.2) is 0 Å². The minimum Gasteiger partial charge on any atom is -0.378 e. The third kappa shape index (κ3) is 4.47. The van der Waals surface area contributed by atoms with E-state index in [0.717, 1.165) is 21.6 Å². The van der Waals surface area contributed by atoms with Gasteiger partial charge in [-0.3, -0.25) is 9.59 Å². The number of amides is 2. The molecule has 4 heterocycles. The van der Waals surface area contributed by atoms with E-state index in [1.165, 1.54) is 11.5 Å². The number of rotatable bonds is 4. The Morgan fingerprint density at radius 2 is 1.88 bits per heavy atom. The second-order valence-electron chi connectivity index (χ2n) is 8.60. The molecule has 0 saturated carbocycles. The van der Waals surface area contributed by atoms with Gasteiger partial charge in [0.1, 0.15) is 4.83 Å². The predicted molar refractivity (Wildman–Crippen MR) is 134 cm³/mol. The quantitative estimate of drug-likeness (QED) is 0.584. The van der Waals surface area contributed by atoms with Crippen molar-refractivity contribution >= 4 is 56.5 Å². The van der Waals surface area contributed by atoms with E-state index in [4.69, 9.17) is 16.3 Å². The second-order valence-corrected chi connectivity index (χ2v) is 9.76. The Labute approximate surface area is 207 Å². The summed E-state index contributed by atoms with van der Waals surface area (Å²) in [5.74, 6) is -0.174. The summed E-state index contributed by atoms with van der Waals surface area (Å²) in [4.78, 5) is 35.8. The average molecular weight is 500 g/mol. The summed E-state index contributed by atoms with van der Waals surface area (Å²) in [6.07, 6.45) is 3.05. The molecule has 0 radical (unpaired) electrons. The summed E-state index contributed by atoms with van der Waals surface area (Å²) in [5.41, 5.74) is 2.98. The number of halogens is 1. The highest BCUT2D eigenvalue weighted by molar-refractivity contribution is 7.13. The first-order chi connectivity index (χ1) is 16.5. The number of piperidine rings is 1. The van der Waals surface area contributed by atoms with E-state index in [1.54, 1.807) is 18.3 Å². The van der Waals surface area contributed by atoms with Gasteiger partial charge < -0.3 is 19.9 Å². The van der Waals surface area contributed by atoms with Crippen molar-refractivity contribution in [2.24, 2.45) is 5.92 Å². The molecule has 2 aromatic heterocycles. The first-order valence-corrected chi connectivity index (χ1v) is 12.6. The fourth-order valence-corrected chi connectivity index (χ4v) is 5.56. The third-order valence-corrected chi connectivity index (χ3v) is 7.67. The van der Waals surface area contributed by atoms with Gasteiger partial charge in [-0.05, 0) is 43.4 Å². The number of nitrogens with one attached hydrogen (secondary N) is 1. The fourth-order valence-electron chi connectivity index (χ4n) is 4.62. The van der Waals surface area contributed by atoms with Crippen LogP contribution in [-0.2, 0) is 9.53 Å². The first kappa shape index (κ1) is 23.0. The number of nitrogens with zero attached hydrogens (tertiary/aromatic N) is 4. The molecule has 0 bridgehead atoms. The van der Waals surface area contributed by atoms with Crippen molar-refractivity contribution in [1.29, 1.82) is 0 Å². The van der Waals surface area contributed by atoms with Crippen LogP contribution in [0, 0.1) is 12.8 Å². The first-order valence-electron chi connectivity index (χ1n) is 11.5. The second kappa shape index (κ2) is 9.85. The molecule has 5 rings (SSSR count). The van der Waals surface area contributed by atoms with Gasteiger partial charge in [-0.2, -0.15) is 4.37 Å². The van der Waals surface area contributed by atoms with Crippen molar-refractivity contribution in [3.63, 3.8) is 0 Å². The number of anilines is 2. The van der Waals surface area contributed by atoms with Gasteiger partial charge in [0.2, 0.25) is 5.91 Å². The number of aromatic nitrogens is 2. The van der Waals surface area contributed by atoms with Crippen molar-refractivity contribution in [3.8, 4) is 0 Å². The number of carbonyl (C=O) groups excluding carboxylic acids is 2. The van der Waals surface area contributed by atoms with Gasteiger partial charge in [-0.1, -0.05) is 23.7 Å². The van der Waals surface area contributed by atoms with Crippen molar-refractivity contribution in [2.45, 2.75) is 19.8 Å². The highest BCUT2D eigenvalue weighted by atomic mass is 35.5. The third-order valence-electron chi connectivity index (χ3n) is 6.49. The minimum absolute atomic E-state index is 0.0226. The fraction of sp³-hybridized carbons (Fsp3) is 0.417. The van der Waals surface area contributed by atoms with Crippen LogP contribution in [0.2, 0.25) is 5.02 Å². The van der Waals surface area contributed by atoms with E-state index in [0.29, 0.717) is 68.5 Å². The van der Waals surface area contributed by atoms with Crippen molar-refractivity contribution < 1.29 is 14.3 Å². The summed E-state index contributed by atoms with van der Waals surface area (Å²) in [7, 11) is 0. The molecule has 2 fully saturated rings. The maximum atomic E-state index is 13.5. The molecule has 2 saturated heterocycles. The normalized spacial score (nSPS) is 17.2. The number of carbonyl (C=O) groups is 2. The van der Waals surface area contributed by atoms with E-state index < -0.39 is 0 Å². The van der Waals surface area contributed by atoms with Crippen molar-refractivity contribution in [2.75, 3.05) is 49.6 Å². The number of hydrogen-bond donors (Lipinski definition) is 1. The number of aryl methyl sites for hydroxylation is 1. The minimum atomic E-state index is -0.120. The standard InChI is InChI=1S/C24H26ClN5O3S/c1-15-20-21(17(14-26-23(20)34-28-15)24(32)30-10-12-33-13-11-30)29-8-6-16(7-9-29)22(31)27-19-5-3-2-4-18(19)25/h2-5,14,16H,6-13H2,1H3,(H,27,31). The predicted octanol–water partition coefficient (Wildman–Crippen LogP) is 3.98. The van der Waals surface area contributed by atoms with E-state index in [1.807, 2.05) is 24.0 Å². The molecule has 2 amide bonds. The Kier molecular flexibility index (Phi) is 6.67. The Morgan fingerprint density at radius 1 is 1.15 bits per heavy atom. The zero-order valence-electron chi connectivity index (χ0n) is 18.9. The van der Waals surface area contributed by atoms with Gasteiger partial charge in [0.05, 0.1) is 46.3 Å². The van der Waals surface area contributed by atoms with Gasteiger partial charge >= 0.3 is 0 Å². The van der Waals surface area contributed by atoms with Crippen LogP contribution in [0.3, 0.4) is 0 Å². The molecule has 0 unspecified atom stereocenters. The molecule has 0 aliphatic carbocycles. The van der Waals surface area contributed by atoms with Crippen LogP contribution in [0.25, 0.3) is 10.2 Å². The molecular weight excluding hydrogens is 474 g/mol. The highest BCUT2D eigenvalue weighted by Gasteiger charge is 2.31. The molecule has 2 aliphatic heterocycles. The number of hydrogen-bond acceptors (Lipinski definition) is 7. The van der Waals surface area contributed by atoms with E-state index >= 15 is 0 Å². The lowest BCUT2D eigenvalue weighted by atomic mass is 9.94. The molecule has 10 heteroatoms. The summed E-state index contributed by atoms with van der Waals surface area (Å²) >= 11 is 7.55. The van der Waals surface area contributed by atoms with Gasteiger partial charge in [-0.15, -0.1) is 0 Å². The van der Waals surface area contributed by atoms with Crippen LogP contribution in [0.4, 0.5) is 11.4 Å². The molecule has 3 aromatic rings. The SMILES string of the molecule is Cc1nsc2ncc(C(=O)N3CCOCC3)c(N3CCC(C(=O)Nc4ccccc4Cl)CC3)c12. The Morgan fingerprint density at radius 3 is 2.62 bits per heavy atom. The molecule has 0 spiro atoms. The van der Waals surface area contributed by atoms with E-state index in [2.05, 4.69) is 19.6 Å². The zero-order chi connectivity index (χ0) is 23.7. The van der Waals surface area contributed by atoms with Crippen LogP contribution < -0.4 is 10.2 Å². The number of benzene rings is 1. The largest absolute Gasteiger partial charge is 0.378 e. The number of para-hydroxylation sites is 1.